The topological polar surface area (TPSA) is 85.8 Å². The first-order chi connectivity index (χ1) is 13.1. The van der Waals surface area contributed by atoms with Gasteiger partial charge < -0.3 is 9.64 Å². The lowest BCUT2D eigenvalue weighted by atomic mass is 10.2. The number of anilines is 1. The molecular weight excluding hydrogens is 346 g/mol. The molecule has 0 aliphatic carbocycles. The van der Waals surface area contributed by atoms with Crippen LogP contribution in [-0.4, -0.2) is 44.8 Å². The highest BCUT2D eigenvalue weighted by atomic mass is 16.6. The number of rotatable bonds is 3. The summed E-state index contributed by atoms with van der Waals surface area (Å²) in [5.74, 6) is 1.45. The number of aromatic nitrogens is 3. The van der Waals surface area contributed by atoms with Crippen molar-refractivity contribution in [2.45, 2.75) is 32.0 Å². The number of ether oxygens (including phenoxy) is 1. The SMILES string of the molecule is Cc1cc2c(N3CC4CCC(C3)O4)nc(-c3ccc([N+](=O)[O-])cc3)nn2c1. The van der Waals surface area contributed by atoms with Crippen LogP contribution in [0.5, 0.6) is 0 Å². The Bertz CT molecular complexity index is 1020. The Kier molecular flexibility index (Phi) is 3.61. The van der Waals surface area contributed by atoms with E-state index in [4.69, 9.17) is 9.72 Å². The third-order valence-electron chi connectivity index (χ3n) is 5.26. The number of hydrogen-bond acceptors (Lipinski definition) is 6. The van der Waals surface area contributed by atoms with Crippen LogP contribution >= 0.6 is 0 Å². The summed E-state index contributed by atoms with van der Waals surface area (Å²) in [6, 6.07) is 8.45. The van der Waals surface area contributed by atoms with Gasteiger partial charge in [0.25, 0.3) is 5.69 Å². The summed E-state index contributed by atoms with van der Waals surface area (Å²) in [6.07, 6.45) is 4.69. The quantitative estimate of drug-likeness (QED) is 0.524. The number of nitrogens with zero attached hydrogens (tertiary/aromatic N) is 5. The van der Waals surface area contributed by atoms with Gasteiger partial charge in [-0.15, -0.1) is 5.10 Å². The fourth-order valence-electron chi connectivity index (χ4n) is 3.99. The number of morpholine rings is 1. The fraction of sp³-hybridized carbons (Fsp3) is 0.368. The molecule has 2 unspecified atom stereocenters. The second-order valence-corrected chi connectivity index (χ2v) is 7.27. The van der Waals surface area contributed by atoms with E-state index in [1.165, 1.54) is 12.1 Å². The first-order valence-corrected chi connectivity index (χ1v) is 9.09. The van der Waals surface area contributed by atoms with Crippen molar-refractivity contribution in [3.8, 4) is 11.4 Å². The average Bonchev–Trinajstić information content (AvgIpc) is 3.21. The summed E-state index contributed by atoms with van der Waals surface area (Å²) in [7, 11) is 0. The Morgan fingerprint density at radius 3 is 2.56 bits per heavy atom. The van der Waals surface area contributed by atoms with E-state index in [0.717, 1.165) is 48.4 Å². The van der Waals surface area contributed by atoms with Crippen molar-refractivity contribution < 1.29 is 9.66 Å². The van der Waals surface area contributed by atoms with Gasteiger partial charge in [-0.05, 0) is 43.5 Å². The number of nitro benzene ring substituents is 1. The van der Waals surface area contributed by atoms with Crippen LogP contribution in [0.4, 0.5) is 11.5 Å². The lowest BCUT2D eigenvalue weighted by Crippen LogP contribution is -2.43. The molecule has 4 heterocycles. The molecule has 8 nitrogen and oxygen atoms in total. The number of benzene rings is 1. The van der Waals surface area contributed by atoms with Crippen molar-refractivity contribution in [2.24, 2.45) is 0 Å². The van der Waals surface area contributed by atoms with E-state index in [1.54, 1.807) is 12.1 Å². The molecule has 0 amide bonds. The molecule has 5 rings (SSSR count). The Morgan fingerprint density at radius 1 is 1.19 bits per heavy atom. The summed E-state index contributed by atoms with van der Waals surface area (Å²) in [5.41, 5.74) is 2.90. The van der Waals surface area contributed by atoms with Gasteiger partial charge in [0.05, 0.1) is 17.1 Å². The van der Waals surface area contributed by atoms with E-state index in [-0.39, 0.29) is 17.9 Å². The minimum absolute atomic E-state index is 0.0571. The van der Waals surface area contributed by atoms with Crippen LogP contribution in [0.15, 0.2) is 36.5 Å². The largest absolute Gasteiger partial charge is 0.371 e. The van der Waals surface area contributed by atoms with E-state index in [1.807, 2.05) is 17.6 Å². The van der Waals surface area contributed by atoms with Crippen molar-refractivity contribution in [3.05, 3.63) is 52.2 Å². The van der Waals surface area contributed by atoms with Crippen LogP contribution in [0.25, 0.3) is 16.9 Å². The molecule has 1 aromatic carbocycles. The van der Waals surface area contributed by atoms with Crippen molar-refractivity contribution in [2.75, 3.05) is 18.0 Å². The minimum atomic E-state index is -0.405. The van der Waals surface area contributed by atoms with E-state index >= 15 is 0 Å². The van der Waals surface area contributed by atoms with Crippen molar-refractivity contribution in [1.29, 1.82) is 0 Å². The summed E-state index contributed by atoms with van der Waals surface area (Å²) in [6.45, 7) is 3.69. The molecule has 2 bridgehead atoms. The minimum Gasteiger partial charge on any atom is -0.371 e. The Balaban J connectivity index is 1.60. The monoisotopic (exact) mass is 365 g/mol. The first kappa shape index (κ1) is 16.2. The van der Waals surface area contributed by atoms with Gasteiger partial charge in [0.2, 0.25) is 0 Å². The van der Waals surface area contributed by atoms with Gasteiger partial charge in [0.1, 0.15) is 5.52 Å². The highest BCUT2D eigenvalue weighted by molar-refractivity contribution is 5.73. The van der Waals surface area contributed by atoms with Crippen molar-refractivity contribution in [1.82, 2.24) is 14.6 Å². The molecule has 2 aliphatic heterocycles. The van der Waals surface area contributed by atoms with E-state index in [9.17, 15) is 10.1 Å². The van der Waals surface area contributed by atoms with E-state index in [2.05, 4.69) is 16.1 Å². The smallest absolute Gasteiger partial charge is 0.269 e. The Labute approximate surface area is 155 Å². The second-order valence-electron chi connectivity index (χ2n) is 7.27. The van der Waals surface area contributed by atoms with Crippen LogP contribution in [0.3, 0.4) is 0 Å². The Morgan fingerprint density at radius 2 is 1.89 bits per heavy atom. The third-order valence-corrected chi connectivity index (χ3v) is 5.26. The Hall–Kier alpha value is -3.00. The zero-order valence-electron chi connectivity index (χ0n) is 14.9. The molecule has 2 saturated heterocycles. The summed E-state index contributed by atoms with van der Waals surface area (Å²) in [5, 5.41) is 15.5. The normalized spacial score (nSPS) is 21.7. The maximum absolute atomic E-state index is 10.9. The number of fused-ring (bicyclic) bond motifs is 3. The number of hydrogen-bond donors (Lipinski definition) is 0. The average molecular weight is 365 g/mol. The maximum atomic E-state index is 10.9. The molecule has 2 atom stereocenters. The molecule has 0 N–H and O–H groups in total. The molecule has 8 heteroatoms. The van der Waals surface area contributed by atoms with Crippen LogP contribution in [0, 0.1) is 17.0 Å². The highest BCUT2D eigenvalue weighted by Crippen LogP contribution is 2.32. The standard InChI is InChI=1S/C19H19N5O3/c1-12-8-17-19(22-10-15-6-7-16(11-22)27-15)20-18(21-23(17)9-12)13-2-4-14(5-3-13)24(25)26/h2-5,8-9,15-16H,6-7,10-11H2,1H3. The predicted octanol–water partition coefficient (Wildman–Crippen LogP) is 2.98. The molecule has 3 aromatic rings. The number of aryl methyl sites for hydroxylation is 1. The lowest BCUT2D eigenvalue weighted by Gasteiger charge is -2.33. The molecule has 0 spiro atoms. The molecule has 2 aliphatic rings. The highest BCUT2D eigenvalue weighted by Gasteiger charge is 2.35. The zero-order chi connectivity index (χ0) is 18.5. The molecule has 27 heavy (non-hydrogen) atoms. The van der Waals surface area contributed by atoms with Gasteiger partial charge in [-0.3, -0.25) is 10.1 Å². The van der Waals surface area contributed by atoms with Gasteiger partial charge in [0, 0.05) is 37.0 Å². The van der Waals surface area contributed by atoms with Crippen LogP contribution < -0.4 is 4.90 Å². The number of nitro groups is 1. The van der Waals surface area contributed by atoms with Gasteiger partial charge >= 0.3 is 0 Å². The van der Waals surface area contributed by atoms with E-state index in [0.29, 0.717) is 5.82 Å². The van der Waals surface area contributed by atoms with Crippen LogP contribution in [0.2, 0.25) is 0 Å². The van der Waals surface area contributed by atoms with Gasteiger partial charge in [0.15, 0.2) is 11.6 Å². The summed E-state index contributed by atoms with van der Waals surface area (Å²) in [4.78, 5) is 17.6. The molecule has 2 fully saturated rings. The fourth-order valence-corrected chi connectivity index (χ4v) is 3.99. The summed E-state index contributed by atoms with van der Waals surface area (Å²) < 4.78 is 7.81. The molecule has 0 radical (unpaired) electrons. The van der Waals surface area contributed by atoms with Gasteiger partial charge in [-0.1, -0.05) is 0 Å². The molecular formula is C19H19N5O3. The molecule has 138 valence electrons. The van der Waals surface area contributed by atoms with Crippen molar-refractivity contribution in [3.63, 3.8) is 0 Å². The van der Waals surface area contributed by atoms with Crippen molar-refractivity contribution >= 4 is 17.0 Å². The summed E-state index contributed by atoms with van der Waals surface area (Å²) >= 11 is 0. The maximum Gasteiger partial charge on any atom is 0.269 e. The third kappa shape index (κ3) is 2.82. The molecule has 2 aromatic heterocycles. The second kappa shape index (κ2) is 6.02. The number of non-ortho nitro benzene ring substituents is 1. The lowest BCUT2D eigenvalue weighted by molar-refractivity contribution is -0.384. The van der Waals surface area contributed by atoms with Gasteiger partial charge in [-0.2, -0.15) is 0 Å². The van der Waals surface area contributed by atoms with E-state index < -0.39 is 4.92 Å². The zero-order valence-corrected chi connectivity index (χ0v) is 14.9. The first-order valence-electron chi connectivity index (χ1n) is 9.09. The molecule has 0 saturated carbocycles. The van der Waals surface area contributed by atoms with Crippen LogP contribution in [0.1, 0.15) is 18.4 Å². The van der Waals surface area contributed by atoms with Crippen LogP contribution in [-0.2, 0) is 4.74 Å². The predicted molar refractivity (Wildman–Crippen MR) is 99.9 cm³/mol. The van der Waals surface area contributed by atoms with Gasteiger partial charge in [-0.25, -0.2) is 9.50 Å².